The summed E-state index contributed by atoms with van der Waals surface area (Å²) in [5.74, 6) is -0.589. The number of likely N-dealkylation sites (N-methyl/N-ethyl adjacent to an activating group) is 1. The maximum absolute atomic E-state index is 13.4. The number of alkyl halides is 3. The van der Waals surface area contributed by atoms with Crippen LogP contribution in [0.25, 0.3) is 22.4 Å². The zero-order valence-corrected chi connectivity index (χ0v) is 22.2. The highest BCUT2D eigenvalue weighted by Crippen LogP contribution is 2.40. The lowest BCUT2D eigenvalue weighted by Crippen LogP contribution is -2.27. The van der Waals surface area contributed by atoms with E-state index in [0.29, 0.717) is 5.56 Å². The number of pyridine rings is 2. The third-order valence-corrected chi connectivity index (χ3v) is 6.63. The van der Waals surface area contributed by atoms with Crippen LogP contribution in [0.2, 0.25) is 10.0 Å². The SMILES string of the molecule is CN(Cc1cc(Cl)cc(-c2cc(-c3cc(C(F)(F)F)ccc3Cl)c(C#N)c(=O)[nH]2)c1O)C(=O)Cc1cccnc1. The highest BCUT2D eigenvalue weighted by atomic mass is 35.5. The van der Waals surface area contributed by atoms with Gasteiger partial charge in [0.15, 0.2) is 0 Å². The third-order valence-electron chi connectivity index (χ3n) is 6.08. The van der Waals surface area contributed by atoms with Gasteiger partial charge < -0.3 is 15.0 Å². The Hall–Kier alpha value is -4.33. The normalized spacial score (nSPS) is 11.2. The number of hydrogen-bond acceptors (Lipinski definition) is 5. The van der Waals surface area contributed by atoms with Crippen LogP contribution >= 0.6 is 23.2 Å². The fraction of sp³-hybridized carbons (Fsp3) is 0.143. The van der Waals surface area contributed by atoms with E-state index >= 15 is 0 Å². The number of aromatic amines is 1. The molecule has 0 aliphatic rings. The minimum absolute atomic E-state index is 0.0292. The number of H-pyrrole nitrogens is 1. The molecule has 12 heteroatoms. The lowest BCUT2D eigenvalue weighted by atomic mass is 9.96. The summed E-state index contributed by atoms with van der Waals surface area (Å²) in [7, 11) is 1.54. The van der Waals surface area contributed by atoms with E-state index in [1.54, 1.807) is 30.6 Å². The minimum Gasteiger partial charge on any atom is -0.507 e. The van der Waals surface area contributed by atoms with Crippen LogP contribution in [0.5, 0.6) is 5.75 Å². The largest absolute Gasteiger partial charge is 0.507 e. The number of carbonyl (C=O) groups is 1. The molecule has 0 radical (unpaired) electrons. The summed E-state index contributed by atoms with van der Waals surface area (Å²) < 4.78 is 40.2. The van der Waals surface area contributed by atoms with Crippen LogP contribution in [0.3, 0.4) is 0 Å². The molecule has 2 N–H and O–H groups in total. The van der Waals surface area contributed by atoms with Crippen molar-refractivity contribution < 1.29 is 23.1 Å². The monoisotopic (exact) mass is 586 g/mol. The highest BCUT2D eigenvalue weighted by molar-refractivity contribution is 6.33. The van der Waals surface area contributed by atoms with Crippen molar-refractivity contribution in [3.8, 4) is 34.2 Å². The van der Waals surface area contributed by atoms with Crippen LogP contribution in [-0.2, 0) is 23.9 Å². The van der Waals surface area contributed by atoms with E-state index in [1.165, 1.54) is 30.1 Å². The van der Waals surface area contributed by atoms with E-state index < -0.39 is 22.9 Å². The van der Waals surface area contributed by atoms with E-state index in [2.05, 4.69) is 9.97 Å². The lowest BCUT2D eigenvalue weighted by Gasteiger charge is -2.20. The van der Waals surface area contributed by atoms with Gasteiger partial charge in [0.1, 0.15) is 17.4 Å². The van der Waals surface area contributed by atoms with Crippen molar-refractivity contribution in [2.45, 2.75) is 19.1 Å². The van der Waals surface area contributed by atoms with Crippen molar-refractivity contribution >= 4 is 29.1 Å². The molecule has 204 valence electrons. The van der Waals surface area contributed by atoms with Crippen LogP contribution in [0.4, 0.5) is 13.2 Å². The molecule has 7 nitrogen and oxygen atoms in total. The molecular weight excluding hydrogens is 568 g/mol. The summed E-state index contributed by atoms with van der Waals surface area (Å²) in [6.45, 7) is -0.0503. The zero-order valence-electron chi connectivity index (χ0n) is 20.7. The molecule has 0 saturated heterocycles. The van der Waals surface area contributed by atoms with Gasteiger partial charge in [-0.1, -0.05) is 29.3 Å². The number of benzene rings is 2. The van der Waals surface area contributed by atoms with Crippen LogP contribution in [0.15, 0.2) is 65.7 Å². The number of carbonyl (C=O) groups excluding carboxylic acids is 1. The van der Waals surface area contributed by atoms with Crippen LogP contribution in [0, 0.1) is 11.3 Å². The molecular formula is C28H19Cl2F3N4O3. The number of aromatic nitrogens is 2. The van der Waals surface area contributed by atoms with E-state index in [0.717, 1.165) is 18.2 Å². The number of phenols is 1. The number of aromatic hydroxyl groups is 1. The van der Waals surface area contributed by atoms with Crippen molar-refractivity contribution in [2.24, 2.45) is 0 Å². The van der Waals surface area contributed by atoms with Gasteiger partial charge in [-0.3, -0.25) is 14.6 Å². The van der Waals surface area contributed by atoms with E-state index in [1.807, 2.05) is 0 Å². The second-order valence-electron chi connectivity index (χ2n) is 8.85. The van der Waals surface area contributed by atoms with Crippen LogP contribution in [0.1, 0.15) is 22.3 Å². The van der Waals surface area contributed by atoms with Crippen LogP contribution in [-0.4, -0.2) is 32.9 Å². The summed E-state index contributed by atoms with van der Waals surface area (Å²) in [5.41, 5.74) is -1.81. The van der Waals surface area contributed by atoms with Crippen molar-refractivity contribution in [1.29, 1.82) is 5.26 Å². The van der Waals surface area contributed by atoms with E-state index in [9.17, 15) is 33.1 Å². The fourth-order valence-corrected chi connectivity index (χ4v) is 4.53. The third kappa shape index (κ3) is 6.11. The van der Waals surface area contributed by atoms with Gasteiger partial charge in [0.2, 0.25) is 5.91 Å². The number of halogens is 5. The average Bonchev–Trinajstić information content (AvgIpc) is 2.90. The van der Waals surface area contributed by atoms with Gasteiger partial charge >= 0.3 is 6.18 Å². The number of amides is 1. The molecule has 0 fully saturated rings. The molecule has 1 amide bonds. The molecule has 2 heterocycles. The van der Waals surface area contributed by atoms with Crippen LogP contribution < -0.4 is 5.56 Å². The van der Waals surface area contributed by atoms with Gasteiger partial charge in [-0.15, -0.1) is 0 Å². The molecule has 0 unspecified atom stereocenters. The van der Waals surface area contributed by atoms with Crippen molar-refractivity contribution in [3.05, 3.63) is 104 Å². The Balaban J connectivity index is 1.77. The molecule has 0 aliphatic heterocycles. The molecule has 4 aromatic rings. The zero-order chi connectivity index (χ0) is 29.2. The Morgan fingerprint density at radius 2 is 1.88 bits per heavy atom. The smallest absolute Gasteiger partial charge is 0.416 e. The maximum atomic E-state index is 13.4. The van der Waals surface area contributed by atoms with Gasteiger partial charge in [-0.2, -0.15) is 18.4 Å². The first kappa shape index (κ1) is 28.7. The molecule has 2 aromatic carbocycles. The quantitative estimate of drug-likeness (QED) is 0.279. The van der Waals surface area contributed by atoms with Crippen molar-refractivity contribution in [2.75, 3.05) is 7.05 Å². The molecule has 40 heavy (non-hydrogen) atoms. The summed E-state index contributed by atoms with van der Waals surface area (Å²) in [4.78, 5) is 33.4. The maximum Gasteiger partial charge on any atom is 0.416 e. The number of phenolic OH excluding ortho intramolecular Hbond substituents is 1. The molecule has 4 rings (SSSR count). The van der Waals surface area contributed by atoms with Gasteiger partial charge in [-0.25, -0.2) is 0 Å². The van der Waals surface area contributed by atoms with E-state index in [-0.39, 0.29) is 62.6 Å². The first-order valence-electron chi connectivity index (χ1n) is 11.6. The van der Waals surface area contributed by atoms with Crippen molar-refractivity contribution in [1.82, 2.24) is 14.9 Å². The van der Waals surface area contributed by atoms with Gasteiger partial charge in [0.25, 0.3) is 5.56 Å². The lowest BCUT2D eigenvalue weighted by molar-refractivity contribution is -0.137. The average molecular weight is 587 g/mol. The molecule has 0 spiro atoms. The number of hydrogen-bond donors (Lipinski definition) is 2. The summed E-state index contributed by atoms with van der Waals surface area (Å²) in [6, 6.07) is 11.7. The number of rotatable bonds is 6. The Morgan fingerprint density at radius 3 is 2.52 bits per heavy atom. The number of nitriles is 1. The Kier molecular flexibility index (Phi) is 8.18. The number of nitrogens with one attached hydrogen (secondary N) is 1. The predicted octanol–water partition coefficient (Wildman–Crippen LogP) is 6.21. The molecule has 0 atom stereocenters. The molecule has 0 aliphatic carbocycles. The first-order valence-corrected chi connectivity index (χ1v) is 12.3. The topological polar surface area (TPSA) is 110 Å². The van der Waals surface area contributed by atoms with Gasteiger partial charge in [-0.05, 0) is 48.0 Å². The Bertz CT molecular complexity index is 1700. The van der Waals surface area contributed by atoms with Gasteiger partial charge in [0, 0.05) is 58.3 Å². The Labute approximate surface area is 236 Å². The Morgan fingerprint density at radius 1 is 1.12 bits per heavy atom. The highest BCUT2D eigenvalue weighted by Gasteiger charge is 2.31. The first-order chi connectivity index (χ1) is 18.9. The van der Waals surface area contributed by atoms with Gasteiger partial charge in [0.05, 0.1) is 17.7 Å². The second-order valence-corrected chi connectivity index (χ2v) is 9.70. The fourth-order valence-electron chi connectivity index (χ4n) is 4.07. The molecule has 0 bridgehead atoms. The predicted molar refractivity (Wildman–Crippen MR) is 144 cm³/mol. The standard InChI is InChI=1S/C28H19Cl2F3N4O3/c1-37(25(38)7-15-3-2-6-35-13-15)14-16-8-18(29)10-21(26(16)39)24-11-19(22(12-34)27(40)36-24)20-9-17(28(31,32)33)4-5-23(20)30/h2-6,8-11,13,39H,7,14H2,1H3,(H,36,40). The summed E-state index contributed by atoms with van der Waals surface area (Å²) in [6.07, 6.45) is -1.47. The minimum atomic E-state index is -4.70. The summed E-state index contributed by atoms with van der Waals surface area (Å²) >= 11 is 12.5. The van der Waals surface area contributed by atoms with E-state index in [4.69, 9.17) is 23.2 Å². The number of nitrogens with zero attached hydrogens (tertiary/aromatic N) is 3. The van der Waals surface area contributed by atoms with Crippen molar-refractivity contribution in [3.63, 3.8) is 0 Å². The molecule has 0 saturated carbocycles. The summed E-state index contributed by atoms with van der Waals surface area (Å²) in [5, 5.41) is 20.7. The molecule has 2 aromatic heterocycles. The second kappa shape index (κ2) is 11.4.